The first-order chi connectivity index (χ1) is 5.54. The van der Waals surface area contributed by atoms with E-state index in [1.807, 2.05) is 0 Å². The topological polar surface area (TPSA) is 15.3 Å². The molecule has 2 nitrogen and oxygen atoms in total. The van der Waals surface area contributed by atoms with Gasteiger partial charge in [-0.15, -0.1) is 0 Å². The molecule has 0 aromatic rings. The van der Waals surface area contributed by atoms with Crippen LogP contribution >= 0.6 is 0 Å². The molecule has 0 heterocycles. The molecule has 0 bridgehead atoms. The van der Waals surface area contributed by atoms with E-state index in [2.05, 4.69) is 45.0 Å². The van der Waals surface area contributed by atoms with Gasteiger partial charge in [-0.25, -0.2) is 0 Å². The third-order valence-corrected chi connectivity index (χ3v) is 2.77. The average molecular weight is 172 g/mol. The summed E-state index contributed by atoms with van der Waals surface area (Å²) < 4.78 is 0. The van der Waals surface area contributed by atoms with Crippen LogP contribution in [-0.4, -0.2) is 37.1 Å². The zero-order valence-electron chi connectivity index (χ0n) is 9.28. The molecule has 0 saturated carbocycles. The number of rotatable bonds is 6. The Labute approximate surface area is 77.3 Å². The molecule has 0 unspecified atom stereocenters. The van der Waals surface area contributed by atoms with Gasteiger partial charge >= 0.3 is 0 Å². The Morgan fingerprint density at radius 2 is 1.83 bits per heavy atom. The second kappa shape index (κ2) is 5.55. The van der Waals surface area contributed by atoms with Gasteiger partial charge in [-0.05, 0) is 33.9 Å². The predicted octanol–water partition coefficient (Wildman–Crippen LogP) is 1.72. The van der Waals surface area contributed by atoms with Crippen molar-refractivity contribution in [3.05, 3.63) is 0 Å². The van der Waals surface area contributed by atoms with Crippen LogP contribution in [0.15, 0.2) is 0 Å². The van der Waals surface area contributed by atoms with Gasteiger partial charge in [0.1, 0.15) is 0 Å². The van der Waals surface area contributed by atoms with Crippen LogP contribution in [0.5, 0.6) is 0 Å². The lowest BCUT2D eigenvalue weighted by atomic mass is 10.0. The van der Waals surface area contributed by atoms with Crippen molar-refractivity contribution in [1.29, 1.82) is 0 Å². The summed E-state index contributed by atoms with van der Waals surface area (Å²) >= 11 is 0. The summed E-state index contributed by atoms with van der Waals surface area (Å²) in [7, 11) is 2.20. The Morgan fingerprint density at radius 3 is 2.25 bits per heavy atom. The van der Waals surface area contributed by atoms with Crippen molar-refractivity contribution in [2.24, 2.45) is 0 Å². The van der Waals surface area contributed by atoms with Crippen LogP contribution in [-0.2, 0) is 0 Å². The second-order valence-electron chi connectivity index (χ2n) is 3.94. The van der Waals surface area contributed by atoms with Gasteiger partial charge in [0.05, 0.1) is 0 Å². The molecule has 0 aromatic heterocycles. The highest BCUT2D eigenvalue weighted by atomic mass is 15.2. The fourth-order valence-corrected chi connectivity index (χ4v) is 0.996. The minimum absolute atomic E-state index is 0.343. The van der Waals surface area contributed by atoms with Crippen LogP contribution < -0.4 is 5.32 Å². The van der Waals surface area contributed by atoms with Crippen molar-refractivity contribution < 1.29 is 0 Å². The lowest BCUT2D eigenvalue weighted by molar-refractivity contribution is 0.152. The average Bonchev–Trinajstić information content (AvgIpc) is 2.05. The Balaban J connectivity index is 3.63. The first kappa shape index (κ1) is 11.9. The lowest BCUT2D eigenvalue weighted by Crippen LogP contribution is -2.43. The van der Waals surface area contributed by atoms with Crippen LogP contribution in [0.2, 0.25) is 0 Å². The third-order valence-electron chi connectivity index (χ3n) is 2.77. The van der Waals surface area contributed by atoms with E-state index in [-0.39, 0.29) is 0 Å². The molecule has 0 spiro atoms. The molecule has 0 aliphatic rings. The van der Waals surface area contributed by atoms with Crippen molar-refractivity contribution in [3.8, 4) is 0 Å². The van der Waals surface area contributed by atoms with Gasteiger partial charge in [-0.1, -0.05) is 13.8 Å². The highest BCUT2D eigenvalue weighted by Gasteiger charge is 2.19. The van der Waals surface area contributed by atoms with Crippen molar-refractivity contribution in [2.75, 3.05) is 26.7 Å². The summed E-state index contributed by atoms with van der Waals surface area (Å²) in [6.07, 6.45) is 1.20. The third kappa shape index (κ3) is 4.07. The minimum Gasteiger partial charge on any atom is -0.316 e. The van der Waals surface area contributed by atoms with Crippen LogP contribution in [0.1, 0.15) is 34.1 Å². The number of hydrogen-bond donors (Lipinski definition) is 1. The highest BCUT2D eigenvalue weighted by molar-refractivity contribution is 4.77. The minimum atomic E-state index is 0.343. The fraction of sp³-hybridized carbons (Fsp3) is 1.00. The number of likely N-dealkylation sites (N-methyl/N-ethyl adjacent to an activating group) is 2. The quantitative estimate of drug-likeness (QED) is 0.614. The molecule has 0 rings (SSSR count). The fourth-order valence-electron chi connectivity index (χ4n) is 0.996. The van der Waals surface area contributed by atoms with Gasteiger partial charge in [0.2, 0.25) is 0 Å². The summed E-state index contributed by atoms with van der Waals surface area (Å²) in [6, 6.07) is 0. The van der Waals surface area contributed by atoms with Crippen LogP contribution in [0.3, 0.4) is 0 Å². The molecule has 1 N–H and O–H groups in total. The summed E-state index contributed by atoms with van der Waals surface area (Å²) in [4.78, 5) is 2.41. The van der Waals surface area contributed by atoms with Gasteiger partial charge in [-0.2, -0.15) is 0 Å². The zero-order chi connectivity index (χ0) is 9.61. The maximum Gasteiger partial charge on any atom is 0.0148 e. The molecule has 2 heteroatoms. The summed E-state index contributed by atoms with van der Waals surface area (Å²) in [6.45, 7) is 12.3. The smallest absolute Gasteiger partial charge is 0.0148 e. The monoisotopic (exact) mass is 172 g/mol. The van der Waals surface area contributed by atoms with E-state index in [0.717, 1.165) is 19.6 Å². The molecular formula is C10H24N2. The molecule has 0 fully saturated rings. The summed E-state index contributed by atoms with van der Waals surface area (Å²) in [5.74, 6) is 0. The Bertz CT molecular complexity index is 110. The van der Waals surface area contributed by atoms with E-state index in [9.17, 15) is 0 Å². The predicted molar refractivity (Wildman–Crippen MR) is 55.5 cm³/mol. The van der Waals surface area contributed by atoms with Gasteiger partial charge < -0.3 is 5.32 Å². The first-order valence-electron chi connectivity index (χ1n) is 4.96. The van der Waals surface area contributed by atoms with Crippen molar-refractivity contribution in [2.45, 2.75) is 39.7 Å². The Kier molecular flexibility index (Phi) is 5.51. The van der Waals surface area contributed by atoms with Crippen molar-refractivity contribution in [3.63, 3.8) is 0 Å². The molecule has 0 aliphatic heterocycles. The van der Waals surface area contributed by atoms with E-state index in [1.165, 1.54) is 6.42 Å². The van der Waals surface area contributed by atoms with Gasteiger partial charge in [-0.3, -0.25) is 4.90 Å². The maximum atomic E-state index is 3.33. The standard InChI is InChI=1S/C10H24N2/c1-6-10(3,4)12(5)9-8-11-7-2/h11H,6-9H2,1-5H3. The van der Waals surface area contributed by atoms with E-state index in [1.54, 1.807) is 0 Å². The molecule has 0 atom stereocenters. The SMILES string of the molecule is CCNCCN(C)C(C)(C)CC. The zero-order valence-corrected chi connectivity index (χ0v) is 9.28. The summed E-state index contributed by atoms with van der Waals surface area (Å²) in [5.41, 5.74) is 0.343. The summed E-state index contributed by atoms with van der Waals surface area (Å²) in [5, 5.41) is 3.33. The first-order valence-corrected chi connectivity index (χ1v) is 4.96. The largest absolute Gasteiger partial charge is 0.316 e. The number of hydrogen-bond acceptors (Lipinski definition) is 2. The van der Waals surface area contributed by atoms with Crippen LogP contribution in [0.4, 0.5) is 0 Å². The van der Waals surface area contributed by atoms with Crippen LogP contribution in [0.25, 0.3) is 0 Å². The normalized spacial score (nSPS) is 12.5. The maximum absolute atomic E-state index is 3.33. The molecular weight excluding hydrogens is 148 g/mol. The van der Waals surface area contributed by atoms with Gasteiger partial charge in [0.15, 0.2) is 0 Å². The molecule has 0 radical (unpaired) electrons. The van der Waals surface area contributed by atoms with E-state index >= 15 is 0 Å². The van der Waals surface area contributed by atoms with E-state index in [4.69, 9.17) is 0 Å². The number of nitrogens with one attached hydrogen (secondary N) is 1. The van der Waals surface area contributed by atoms with Crippen LogP contribution in [0, 0.1) is 0 Å². The molecule has 0 aliphatic carbocycles. The lowest BCUT2D eigenvalue weighted by Gasteiger charge is -2.34. The van der Waals surface area contributed by atoms with Gasteiger partial charge in [0, 0.05) is 18.6 Å². The van der Waals surface area contributed by atoms with Crippen molar-refractivity contribution >= 4 is 0 Å². The molecule has 0 aromatic carbocycles. The number of nitrogens with zero attached hydrogens (tertiary/aromatic N) is 1. The Morgan fingerprint density at radius 1 is 1.25 bits per heavy atom. The molecule has 0 amide bonds. The molecule has 12 heavy (non-hydrogen) atoms. The molecule has 0 saturated heterocycles. The second-order valence-corrected chi connectivity index (χ2v) is 3.94. The van der Waals surface area contributed by atoms with E-state index in [0.29, 0.717) is 5.54 Å². The highest BCUT2D eigenvalue weighted by Crippen LogP contribution is 2.14. The Hall–Kier alpha value is -0.0800. The van der Waals surface area contributed by atoms with Gasteiger partial charge in [0.25, 0.3) is 0 Å². The molecule has 74 valence electrons. The van der Waals surface area contributed by atoms with Crippen molar-refractivity contribution in [1.82, 2.24) is 10.2 Å². The van der Waals surface area contributed by atoms with E-state index < -0.39 is 0 Å².